The highest BCUT2D eigenvalue weighted by Crippen LogP contribution is 2.41. The largest absolute Gasteiger partial charge is 0.381 e. The fraction of sp³-hybridized carbons (Fsp3) is 0.455. The van der Waals surface area contributed by atoms with Gasteiger partial charge in [0.05, 0.1) is 18.0 Å². The lowest BCUT2D eigenvalue weighted by atomic mass is 9.93. The molecule has 0 aliphatic heterocycles. The lowest BCUT2D eigenvalue weighted by Crippen LogP contribution is -2.29. The molecule has 0 radical (unpaired) electrons. The fourth-order valence-corrected chi connectivity index (χ4v) is 4.53. The molecule has 0 spiro atoms. The number of fused-ring (bicyclic) bond motifs is 2. The zero-order valence-corrected chi connectivity index (χ0v) is 17.0. The summed E-state index contributed by atoms with van der Waals surface area (Å²) in [6.07, 6.45) is 15.0. The van der Waals surface area contributed by atoms with E-state index in [-0.39, 0.29) is 0 Å². The van der Waals surface area contributed by atoms with Gasteiger partial charge in [-0.05, 0) is 50.5 Å². The van der Waals surface area contributed by atoms with Gasteiger partial charge in [0.2, 0.25) is 5.95 Å². The van der Waals surface area contributed by atoms with Gasteiger partial charge in [-0.15, -0.1) is 0 Å². The van der Waals surface area contributed by atoms with Gasteiger partial charge in [-0.25, -0.2) is 14.5 Å². The number of aromatic nitrogens is 6. The third kappa shape index (κ3) is 3.11. The summed E-state index contributed by atoms with van der Waals surface area (Å²) in [6, 6.07) is 2.40. The molecule has 4 aromatic rings. The van der Waals surface area contributed by atoms with Crippen LogP contribution in [0.15, 0.2) is 30.9 Å². The van der Waals surface area contributed by atoms with E-state index in [0.29, 0.717) is 24.0 Å². The second-order valence-corrected chi connectivity index (χ2v) is 8.47. The number of hydrogen-bond acceptors (Lipinski definition) is 6. The molecule has 0 unspecified atom stereocenters. The van der Waals surface area contributed by atoms with Crippen LogP contribution in [0.5, 0.6) is 0 Å². The molecule has 2 aliphatic rings. The minimum atomic E-state index is 0.387. The predicted molar refractivity (Wildman–Crippen MR) is 115 cm³/mol. The number of ether oxygens (including phenoxy) is 1. The second-order valence-electron chi connectivity index (χ2n) is 8.47. The first-order chi connectivity index (χ1) is 14.8. The molecule has 2 fully saturated rings. The van der Waals surface area contributed by atoms with E-state index in [1.54, 1.807) is 7.11 Å². The fourth-order valence-electron chi connectivity index (χ4n) is 4.53. The molecule has 30 heavy (non-hydrogen) atoms. The quantitative estimate of drug-likeness (QED) is 0.525. The lowest BCUT2D eigenvalue weighted by molar-refractivity contribution is 0.0681. The molecule has 0 saturated heterocycles. The van der Waals surface area contributed by atoms with Crippen LogP contribution in [0.2, 0.25) is 0 Å². The van der Waals surface area contributed by atoms with Crippen LogP contribution in [-0.2, 0) is 4.74 Å². The van der Waals surface area contributed by atoms with Crippen LogP contribution < -0.4 is 5.32 Å². The SMILES string of the molecule is COC1CCC(Nc2ncc3c(-c4ccn5ncc(C6CC6)c5n4)c[nH]c3n2)CC1. The first-order valence-corrected chi connectivity index (χ1v) is 10.8. The van der Waals surface area contributed by atoms with Gasteiger partial charge in [0.1, 0.15) is 5.65 Å². The zero-order chi connectivity index (χ0) is 20.1. The highest BCUT2D eigenvalue weighted by Gasteiger charge is 2.27. The number of methoxy groups -OCH3 is 1. The minimum Gasteiger partial charge on any atom is -0.381 e. The zero-order valence-electron chi connectivity index (χ0n) is 17.0. The standard InChI is InChI=1S/C22H25N7O/c1-30-15-6-4-14(5-7-15)26-22-24-11-18-17(10-23-20(18)28-22)19-8-9-29-21(27-19)16(12-25-29)13-2-3-13/h8-15H,2-7H2,1H3,(H2,23,24,26,28). The number of rotatable bonds is 5. The third-order valence-corrected chi connectivity index (χ3v) is 6.46. The Bertz CT molecular complexity index is 1200. The van der Waals surface area contributed by atoms with Crippen LogP contribution in [0, 0.1) is 0 Å². The number of nitrogens with one attached hydrogen (secondary N) is 2. The van der Waals surface area contributed by atoms with Crippen molar-refractivity contribution >= 4 is 22.6 Å². The number of H-pyrrole nitrogens is 1. The summed E-state index contributed by atoms with van der Waals surface area (Å²) in [5.41, 5.74) is 4.96. The molecule has 0 aromatic carbocycles. The van der Waals surface area contributed by atoms with Crippen molar-refractivity contribution in [1.29, 1.82) is 0 Å². The van der Waals surface area contributed by atoms with Gasteiger partial charge in [-0.1, -0.05) is 0 Å². The van der Waals surface area contributed by atoms with Gasteiger partial charge in [-0.2, -0.15) is 10.1 Å². The molecule has 6 rings (SSSR count). The number of nitrogens with zero attached hydrogens (tertiary/aromatic N) is 5. The van der Waals surface area contributed by atoms with Crippen LogP contribution in [0.3, 0.4) is 0 Å². The van der Waals surface area contributed by atoms with Crippen molar-refractivity contribution in [2.24, 2.45) is 0 Å². The summed E-state index contributed by atoms with van der Waals surface area (Å²) in [5, 5.41) is 8.92. The summed E-state index contributed by atoms with van der Waals surface area (Å²) >= 11 is 0. The maximum absolute atomic E-state index is 5.46. The minimum absolute atomic E-state index is 0.387. The average Bonchev–Trinajstić information content (AvgIpc) is 3.40. The van der Waals surface area contributed by atoms with Crippen molar-refractivity contribution in [3.05, 3.63) is 36.4 Å². The first kappa shape index (κ1) is 17.8. The van der Waals surface area contributed by atoms with Crippen LogP contribution in [0.1, 0.15) is 50.0 Å². The lowest BCUT2D eigenvalue weighted by Gasteiger charge is -2.28. The molecule has 154 valence electrons. The maximum Gasteiger partial charge on any atom is 0.224 e. The highest BCUT2D eigenvalue weighted by atomic mass is 16.5. The van der Waals surface area contributed by atoms with Gasteiger partial charge in [0.15, 0.2) is 5.65 Å². The van der Waals surface area contributed by atoms with Crippen molar-refractivity contribution in [2.45, 2.75) is 56.6 Å². The third-order valence-electron chi connectivity index (χ3n) is 6.46. The van der Waals surface area contributed by atoms with Crippen molar-refractivity contribution < 1.29 is 4.74 Å². The number of aromatic amines is 1. The molecule has 4 aromatic heterocycles. The van der Waals surface area contributed by atoms with E-state index >= 15 is 0 Å². The van der Waals surface area contributed by atoms with Gasteiger partial charge in [-0.3, -0.25) is 0 Å². The number of anilines is 1. The number of hydrogen-bond donors (Lipinski definition) is 2. The molecule has 0 bridgehead atoms. The maximum atomic E-state index is 5.46. The van der Waals surface area contributed by atoms with Crippen molar-refractivity contribution in [2.75, 3.05) is 12.4 Å². The van der Waals surface area contributed by atoms with E-state index in [1.807, 2.05) is 35.4 Å². The summed E-state index contributed by atoms with van der Waals surface area (Å²) in [6.45, 7) is 0. The van der Waals surface area contributed by atoms with E-state index < -0.39 is 0 Å². The monoisotopic (exact) mass is 403 g/mol. The molecule has 0 atom stereocenters. The molecular formula is C22H25N7O. The van der Waals surface area contributed by atoms with Gasteiger partial charge >= 0.3 is 0 Å². The summed E-state index contributed by atoms with van der Waals surface area (Å²) in [4.78, 5) is 17.5. The van der Waals surface area contributed by atoms with Crippen molar-refractivity contribution in [1.82, 2.24) is 29.5 Å². The molecule has 4 heterocycles. The van der Waals surface area contributed by atoms with Crippen LogP contribution in [-0.4, -0.2) is 48.8 Å². The summed E-state index contributed by atoms with van der Waals surface area (Å²) in [5.74, 6) is 1.29. The first-order valence-electron chi connectivity index (χ1n) is 10.8. The second kappa shape index (κ2) is 7.05. The van der Waals surface area contributed by atoms with E-state index in [9.17, 15) is 0 Å². The normalized spacial score (nSPS) is 22.0. The highest BCUT2D eigenvalue weighted by molar-refractivity contribution is 5.92. The van der Waals surface area contributed by atoms with Crippen LogP contribution in [0.25, 0.3) is 27.9 Å². The molecule has 2 N–H and O–H groups in total. The Morgan fingerprint density at radius 2 is 1.97 bits per heavy atom. The molecule has 2 saturated carbocycles. The Morgan fingerprint density at radius 3 is 2.77 bits per heavy atom. The molecule has 8 nitrogen and oxygen atoms in total. The molecule has 8 heteroatoms. The van der Waals surface area contributed by atoms with Crippen LogP contribution in [0.4, 0.5) is 5.95 Å². The Kier molecular flexibility index (Phi) is 4.19. The van der Waals surface area contributed by atoms with E-state index in [4.69, 9.17) is 14.7 Å². The van der Waals surface area contributed by atoms with Crippen LogP contribution >= 0.6 is 0 Å². The Labute approximate surface area is 174 Å². The van der Waals surface area contributed by atoms with Gasteiger partial charge in [0.25, 0.3) is 0 Å². The van der Waals surface area contributed by atoms with Crippen molar-refractivity contribution in [3.8, 4) is 11.3 Å². The molecular weight excluding hydrogens is 378 g/mol. The molecule has 0 amide bonds. The topological polar surface area (TPSA) is 93.0 Å². The molecule has 2 aliphatic carbocycles. The van der Waals surface area contributed by atoms with E-state index in [2.05, 4.69) is 20.4 Å². The van der Waals surface area contributed by atoms with Gasteiger partial charge in [0, 0.05) is 48.3 Å². The van der Waals surface area contributed by atoms with E-state index in [0.717, 1.165) is 53.6 Å². The van der Waals surface area contributed by atoms with Crippen molar-refractivity contribution in [3.63, 3.8) is 0 Å². The summed E-state index contributed by atoms with van der Waals surface area (Å²) in [7, 11) is 1.80. The predicted octanol–water partition coefficient (Wildman–Crippen LogP) is 3.91. The average molecular weight is 403 g/mol. The smallest absolute Gasteiger partial charge is 0.224 e. The van der Waals surface area contributed by atoms with Gasteiger partial charge < -0.3 is 15.0 Å². The summed E-state index contributed by atoms with van der Waals surface area (Å²) < 4.78 is 7.33. The Hall–Kier alpha value is -3.00. The van der Waals surface area contributed by atoms with E-state index in [1.165, 1.54) is 18.4 Å². The Balaban J connectivity index is 1.27. The Morgan fingerprint density at radius 1 is 1.10 bits per heavy atom.